The van der Waals surface area contributed by atoms with Gasteiger partial charge in [0.2, 0.25) is 0 Å². The second-order valence-electron chi connectivity index (χ2n) is 3.05. The molecule has 0 aliphatic heterocycles. The third kappa shape index (κ3) is 4.33. The number of halogens is 1. The molecule has 4 heteroatoms. The van der Waals surface area contributed by atoms with E-state index in [4.69, 9.17) is 0 Å². The fraction of sp³-hybridized carbons (Fsp3) is 0.500. The number of nitrogens with zero attached hydrogens (tertiary/aromatic N) is 1. The number of thioether (sulfide) groups is 1. The van der Waals surface area contributed by atoms with Gasteiger partial charge in [-0.05, 0) is 40.7 Å². The smallest absolute Gasteiger partial charge is 0.127 e. The van der Waals surface area contributed by atoms with Crippen molar-refractivity contribution < 1.29 is 0 Å². The van der Waals surface area contributed by atoms with Gasteiger partial charge in [0.15, 0.2) is 0 Å². The number of anilines is 1. The number of hydrogen-bond acceptors (Lipinski definition) is 3. The van der Waals surface area contributed by atoms with Crippen LogP contribution in [0.1, 0.15) is 13.8 Å². The predicted molar refractivity (Wildman–Crippen MR) is 68.0 cm³/mol. The van der Waals surface area contributed by atoms with Crippen LogP contribution in [0.4, 0.5) is 5.82 Å². The van der Waals surface area contributed by atoms with E-state index in [-0.39, 0.29) is 0 Å². The molecule has 0 spiro atoms. The zero-order valence-corrected chi connectivity index (χ0v) is 10.9. The summed E-state index contributed by atoms with van der Waals surface area (Å²) in [5.74, 6) is 3.21. The molecule has 1 aromatic heterocycles. The fourth-order valence-electron chi connectivity index (χ4n) is 1.08. The molecule has 1 aromatic rings. The highest BCUT2D eigenvalue weighted by atomic mass is 79.9. The highest BCUT2D eigenvalue weighted by molar-refractivity contribution is 9.10. The lowest BCUT2D eigenvalue weighted by Crippen LogP contribution is -2.18. The molecule has 1 N–H and O–H groups in total. The van der Waals surface area contributed by atoms with Crippen molar-refractivity contribution in [2.24, 2.45) is 0 Å². The molecule has 0 fully saturated rings. The highest BCUT2D eigenvalue weighted by Crippen LogP contribution is 2.12. The molecule has 2 nitrogen and oxygen atoms in total. The largest absolute Gasteiger partial charge is 0.367 e. The maximum atomic E-state index is 4.32. The summed E-state index contributed by atoms with van der Waals surface area (Å²) in [6, 6.07) is 6.36. The van der Waals surface area contributed by atoms with Crippen LogP contribution >= 0.6 is 27.7 Å². The van der Waals surface area contributed by atoms with Crippen molar-refractivity contribution in [1.29, 1.82) is 0 Å². The normalized spacial score (nSPS) is 12.5. The van der Waals surface area contributed by atoms with Gasteiger partial charge in [0.25, 0.3) is 0 Å². The first-order chi connectivity index (χ1) is 6.72. The Morgan fingerprint density at radius 3 is 3.00 bits per heavy atom. The molecule has 0 aliphatic rings. The Labute approximate surface area is 98.0 Å². The van der Waals surface area contributed by atoms with Crippen molar-refractivity contribution in [3.8, 4) is 0 Å². The zero-order chi connectivity index (χ0) is 10.4. The van der Waals surface area contributed by atoms with Crippen LogP contribution in [0.15, 0.2) is 22.8 Å². The molecule has 1 unspecified atom stereocenters. The van der Waals surface area contributed by atoms with Gasteiger partial charge in [-0.2, -0.15) is 11.8 Å². The van der Waals surface area contributed by atoms with Gasteiger partial charge in [-0.1, -0.05) is 13.0 Å². The number of pyridine rings is 1. The molecule has 78 valence electrons. The molecule has 1 heterocycles. The molecule has 0 saturated carbocycles. The lowest BCUT2D eigenvalue weighted by molar-refractivity contribution is 0.901. The van der Waals surface area contributed by atoms with E-state index in [1.807, 2.05) is 30.0 Å². The summed E-state index contributed by atoms with van der Waals surface area (Å²) in [5, 5.41) is 3.36. The molecule has 1 atom stereocenters. The monoisotopic (exact) mass is 274 g/mol. The van der Waals surface area contributed by atoms with E-state index in [1.165, 1.54) is 0 Å². The molecule has 0 aliphatic carbocycles. The van der Waals surface area contributed by atoms with Crippen LogP contribution in [0.3, 0.4) is 0 Å². The lowest BCUT2D eigenvalue weighted by Gasteiger charge is -2.13. The minimum atomic E-state index is 0.460. The molecule has 0 aromatic carbocycles. The van der Waals surface area contributed by atoms with E-state index in [0.717, 1.165) is 21.9 Å². The SMILES string of the molecule is CCSCC(C)Nc1cccc(Br)n1. The van der Waals surface area contributed by atoms with E-state index in [2.05, 4.69) is 40.1 Å². The number of hydrogen-bond donors (Lipinski definition) is 1. The van der Waals surface area contributed by atoms with Gasteiger partial charge < -0.3 is 5.32 Å². The maximum absolute atomic E-state index is 4.32. The molecule has 0 amide bonds. The number of rotatable bonds is 5. The van der Waals surface area contributed by atoms with Crippen molar-refractivity contribution >= 4 is 33.5 Å². The Morgan fingerprint density at radius 1 is 1.57 bits per heavy atom. The van der Waals surface area contributed by atoms with Gasteiger partial charge in [-0.3, -0.25) is 0 Å². The lowest BCUT2D eigenvalue weighted by atomic mass is 10.4. The van der Waals surface area contributed by atoms with Crippen LogP contribution in [0, 0.1) is 0 Å². The first kappa shape index (κ1) is 11.9. The third-order valence-electron chi connectivity index (χ3n) is 1.68. The topological polar surface area (TPSA) is 24.9 Å². The Hall–Kier alpha value is -0.220. The second kappa shape index (κ2) is 6.30. The number of nitrogens with one attached hydrogen (secondary N) is 1. The van der Waals surface area contributed by atoms with E-state index in [9.17, 15) is 0 Å². The van der Waals surface area contributed by atoms with Gasteiger partial charge in [0.1, 0.15) is 10.4 Å². The fourth-order valence-corrected chi connectivity index (χ4v) is 2.09. The van der Waals surface area contributed by atoms with Crippen LogP contribution in [-0.2, 0) is 0 Å². The molecule has 0 bridgehead atoms. The van der Waals surface area contributed by atoms with Gasteiger partial charge in [0, 0.05) is 11.8 Å². The summed E-state index contributed by atoms with van der Waals surface area (Å²) in [4.78, 5) is 4.32. The zero-order valence-electron chi connectivity index (χ0n) is 8.46. The van der Waals surface area contributed by atoms with E-state index >= 15 is 0 Å². The van der Waals surface area contributed by atoms with Crippen LogP contribution in [0.25, 0.3) is 0 Å². The van der Waals surface area contributed by atoms with Gasteiger partial charge in [-0.25, -0.2) is 4.98 Å². The summed E-state index contributed by atoms with van der Waals surface area (Å²) < 4.78 is 0.873. The Morgan fingerprint density at radius 2 is 2.36 bits per heavy atom. The van der Waals surface area contributed by atoms with Crippen LogP contribution in [0.5, 0.6) is 0 Å². The highest BCUT2D eigenvalue weighted by Gasteiger charge is 2.02. The molecule has 0 saturated heterocycles. The van der Waals surface area contributed by atoms with Gasteiger partial charge >= 0.3 is 0 Å². The molecular weight excluding hydrogens is 260 g/mol. The van der Waals surface area contributed by atoms with Gasteiger partial charge in [0.05, 0.1) is 0 Å². The van der Waals surface area contributed by atoms with E-state index in [1.54, 1.807) is 0 Å². The van der Waals surface area contributed by atoms with Crippen molar-refractivity contribution in [2.45, 2.75) is 19.9 Å². The third-order valence-corrected chi connectivity index (χ3v) is 3.27. The van der Waals surface area contributed by atoms with Crippen LogP contribution in [0.2, 0.25) is 0 Å². The molecule has 14 heavy (non-hydrogen) atoms. The van der Waals surface area contributed by atoms with Crippen molar-refractivity contribution in [3.63, 3.8) is 0 Å². The first-order valence-electron chi connectivity index (χ1n) is 4.69. The summed E-state index contributed by atoms with van der Waals surface area (Å²) in [7, 11) is 0. The second-order valence-corrected chi connectivity index (χ2v) is 5.18. The molecular formula is C10H15BrN2S. The van der Waals surface area contributed by atoms with E-state index < -0.39 is 0 Å². The van der Waals surface area contributed by atoms with Crippen molar-refractivity contribution in [3.05, 3.63) is 22.8 Å². The predicted octanol–water partition coefficient (Wildman–Crippen LogP) is 3.40. The summed E-state index contributed by atoms with van der Waals surface area (Å²) >= 11 is 5.29. The summed E-state index contributed by atoms with van der Waals surface area (Å²) in [6.07, 6.45) is 0. The quantitative estimate of drug-likeness (QED) is 0.834. The average molecular weight is 275 g/mol. The minimum absolute atomic E-state index is 0.460. The minimum Gasteiger partial charge on any atom is -0.367 e. The standard InChI is InChI=1S/C10H15BrN2S/c1-3-14-7-8(2)12-10-6-4-5-9(11)13-10/h4-6,8H,3,7H2,1-2H3,(H,12,13). The Kier molecular flexibility index (Phi) is 5.33. The Balaban J connectivity index is 2.43. The van der Waals surface area contributed by atoms with E-state index in [0.29, 0.717) is 6.04 Å². The molecule has 0 radical (unpaired) electrons. The molecule has 1 rings (SSSR count). The number of aromatic nitrogens is 1. The maximum Gasteiger partial charge on any atom is 0.127 e. The summed E-state index contributed by atoms with van der Waals surface area (Å²) in [6.45, 7) is 4.35. The van der Waals surface area contributed by atoms with Gasteiger partial charge in [-0.15, -0.1) is 0 Å². The van der Waals surface area contributed by atoms with Crippen LogP contribution in [-0.4, -0.2) is 22.5 Å². The first-order valence-corrected chi connectivity index (χ1v) is 6.64. The average Bonchev–Trinajstić information content (AvgIpc) is 2.15. The Bertz CT molecular complexity index is 281. The van der Waals surface area contributed by atoms with Crippen molar-refractivity contribution in [2.75, 3.05) is 16.8 Å². The van der Waals surface area contributed by atoms with Crippen LogP contribution < -0.4 is 5.32 Å². The summed E-state index contributed by atoms with van der Waals surface area (Å²) in [5.41, 5.74) is 0. The van der Waals surface area contributed by atoms with Crippen molar-refractivity contribution in [1.82, 2.24) is 4.98 Å².